The highest BCUT2D eigenvalue weighted by atomic mass is 35.5. The molecular weight excluding hydrogens is 351 g/mol. The maximum absolute atomic E-state index is 6.59. The molecule has 1 radical (unpaired) electrons. The second-order valence-electron chi connectivity index (χ2n) is 5.83. The molecule has 0 saturated heterocycles. The zero-order valence-corrected chi connectivity index (χ0v) is 15.3. The molecule has 0 N–H and O–H groups in total. The van der Waals surface area contributed by atoms with Crippen LogP contribution in [-0.4, -0.2) is 0 Å². The Morgan fingerprint density at radius 1 is 0.640 bits per heavy atom. The number of rotatable bonds is 6. The van der Waals surface area contributed by atoms with Crippen LogP contribution in [0.5, 0.6) is 0 Å². The van der Waals surface area contributed by atoms with Gasteiger partial charge in [-0.1, -0.05) is 66.7 Å². The molecule has 0 heterocycles. The molecule has 0 aliphatic carbocycles. The molecule has 0 aromatic heterocycles. The SMILES string of the molecule is [CH2]c1ccc(N(Cl)Cc2ccccc2)c(N(Cl)Cc2ccccc2)c1. The Kier molecular flexibility index (Phi) is 5.85. The largest absolute Gasteiger partial charge is 0.279 e. The average molecular weight is 370 g/mol. The Bertz CT molecular complexity index is 807. The van der Waals surface area contributed by atoms with Crippen LogP contribution in [0.15, 0.2) is 78.9 Å². The first kappa shape index (κ1) is 17.7. The zero-order valence-electron chi connectivity index (χ0n) is 13.8. The molecule has 0 atom stereocenters. The van der Waals surface area contributed by atoms with Crippen molar-refractivity contribution in [2.24, 2.45) is 0 Å². The molecule has 0 fully saturated rings. The molecule has 0 bridgehead atoms. The smallest absolute Gasteiger partial charge is 0.0776 e. The fourth-order valence-electron chi connectivity index (χ4n) is 2.63. The molecule has 0 unspecified atom stereocenters. The molecule has 3 aromatic rings. The third kappa shape index (κ3) is 4.68. The van der Waals surface area contributed by atoms with Gasteiger partial charge in [0.25, 0.3) is 0 Å². The number of benzene rings is 3. The van der Waals surface area contributed by atoms with Crippen LogP contribution in [0.4, 0.5) is 11.4 Å². The van der Waals surface area contributed by atoms with Gasteiger partial charge in [-0.15, -0.1) is 0 Å². The molecule has 25 heavy (non-hydrogen) atoms. The van der Waals surface area contributed by atoms with Crippen molar-refractivity contribution in [1.82, 2.24) is 0 Å². The number of nitrogens with zero attached hydrogens (tertiary/aromatic N) is 2. The maximum atomic E-state index is 6.59. The van der Waals surface area contributed by atoms with Gasteiger partial charge < -0.3 is 0 Å². The Balaban J connectivity index is 1.84. The van der Waals surface area contributed by atoms with E-state index < -0.39 is 0 Å². The van der Waals surface area contributed by atoms with Gasteiger partial charge in [0, 0.05) is 23.6 Å². The molecule has 0 saturated carbocycles. The third-order valence-corrected chi connectivity index (χ3v) is 4.49. The van der Waals surface area contributed by atoms with Crippen LogP contribution in [0.25, 0.3) is 0 Å². The monoisotopic (exact) mass is 369 g/mol. The second-order valence-corrected chi connectivity index (χ2v) is 6.65. The minimum atomic E-state index is 0.578. The van der Waals surface area contributed by atoms with Crippen molar-refractivity contribution in [3.05, 3.63) is 102 Å². The number of halogens is 2. The van der Waals surface area contributed by atoms with Gasteiger partial charge in [0.15, 0.2) is 0 Å². The number of anilines is 2. The third-order valence-electron chi connectivity index (χ3n) is 3.89. The lowest BCUT2D eigenvalue weighted by molar-refractivity contribution is 1.01. The summed E-state index contributed by atoms with van der Waals surface area (Å²) in [5.41, 5.74) is 4.84. The molecule has 4 heteroatoms. The molecule has 0 spiro atoms. The van der Waals surface area contributed by atoms with Gasteiger partial charge in [0.05, 0.1) is 24.5 Å². The zero-order chi connectivity index (χ0) is 17.6. The Morgan fingerprint density at radius 3 is 1.64 bits per heavy atom. The van der Waals surface area contributed by atoms with E-state index >= 15 is 0 Å². The number of hydrogen-bond donors (Lipinski definition) is 0. The van der Waals surface area contributed by atoms with E-state index in [-0.39, 0.29) is 0 Å². The van der Waals surface area contributed by atoms with E-state index in [0.29, 0.717) is 13.1 Å². The van der Waals surface area contributed by atoms with Gasteiger partial charge in [-0.05, 0) is 35.7 Å². The summed E-state index contributed by atoms with van der Waals surface area (Å²) in [6, 6.07) is 26.0. The Morgan fingerprint density at radius 2 is 1.12 bits per heavy atom. The van der Waals surface area contributed by atoms with Crippen molar-refractivity contribution < 1.29 is 0 Å². The minimum absolute atomic E-state index is 0.578. The highest BCUT2D eigenvalue weighted by Crippen LogP contribution is 2.34. The lowest BCUT2D eigenvalue weighted by Crippen LogP contribution is -2.16. The van der Waals surface area contributed by atoms with Crippen molar-refractivity contribution in [3.63, 3.8) is 0 Å². The highest BCUT2D eigenvalue weighted by molar-refractivity contribution is 6.29. The molecular formula is C21H19Cl2N2. The maximum Gasteiger partial charge on any atom is 0.0776 e. The van der Waals surface area contributed by atoms with Crippen LogP contribution in [0, 0.1) is 6.92 Å². The minimum Gasteiger partial charge on any atom is -0.279 e. The lowest BCUT2D eigenvalue weighted by atomic mass is 10.1. The topological polar surface area (TPSA) is 6.48 Å². The van der Waals surface area contributed by atoms with Gasteiger partial charge in [-0.25, -0.2) is 0 Å². The summed E-state index contributed by atoms with van der Waals surface area (Å²) in [6.45, 7) is 5.17. The van der Waals surface area contributed by atoms with Crippen molar-refractivity contribution in [1.29, 1.82) is 0 Å². The van der Waals surface area contributed by atoms with E-state index in [1.54, 1.807) is 8.84 Å². The van der Waals surface area contributed by atoms with E-state index in [9.17, 15) is 0 Å². The van der Waals surface area contributed by atoms with E-state index in [0.717, 1.165) is 28.1 Å². The molecule has 0 aliphatic heterocycles. The normalized spacial score (nSPS) is 10.5. The summed E-state index contributed by atoms with van der Waals surface area (Å²) in [7, 11) is 0. The predicted octanol–water partition coefficient (Wildman–Crippen LogP) is 6.19. The molecule has 0 amide bonds. The van der Waals surface area contributed by atoms with Crippen molar-refractivity contribution in [2.45, 2.75) is 13.1 Å². The van der Waals surface area contributed by atoms with Crippen LogP contribution in [0.3, 0.4) is 0 Å². The van der Waals surface area contributed by atoms with Crippen LogP contribution >= 0.6 is 23.6 Å². The van der Waals surface area contributed by atoms with Crippen LogP contribution in [0.2, 0.25) is 0 Å². The molecule has 3 rings (SSSR count). The fraction of sp³-hybridized carbons (Fsp3) is 0.0952. The standard InChI is InChI=1S/C21H19Cl2N2/c1-17-12-13-20(24(22)15-18-8-4-2-5-9-18)21(14-17)25(23)16-19-10-6-3-7-11-19/h2-14H,1,15-16H2. The van der Waals surface area contributed by atoms with Gasteiger partial charge in [-0.2, -0.15) is 0 Å². The van der Waals surface area contributed by atoms with E-state index in [1.807, 2.05) is 78.9 Å². The van der Waals surface area contributed by atoms with Gasteiger partial charge in [0.2, 0.25) is 0 Å². The number of hydrogen-bond acceptors (Lipinski definition) is 2. The first-order chi connectivity index (χ1) is 12.1. The summed E-state index contributed by atoms with van der Waals surface area (Å²) >= 11 is 13.2. The highest BCUT2D eigenvalue weighted by Gasteiger charge is 2.15. The van der Waals surface area contributed by atoms with Crippen LogP contribution in [-0.2, 0) is 13.1 Å². The van der Waals surface area contributed by atoms with Gasteiger partial charge in [-0.3, -0.25) is 8.84 Å². The first-order valence-corrected chi connectivity index (χ1v) is 8.71. The van der Waals surface area contributed by atoms with Gasteiger partial charge in [0.1, 0.15) is 0 Å². The summed E-state index contributed by atoms with van der Waals surface area (Å²) in [4.78, 5) is 0. The van der Waals surface area contributed by atoms with Crippen molar-refractivity contribution in [2.75, 3.05) is 8.84 Å². The van der Waals surface area contributed by atoms with Crippen LogP contribution < -0.4 is 8.84 Å². The quantitative estimate of drug-likeness (QED) is 0.478. The second kappa shape index (κ2) is 8.28. The molecule has 2 nitrogen and oxygen atoms in total. The lowest BCUT2D eigenvalue weighted by Gasteiger charge is -2.25. The van der Waals surface area contributed by atoms with Crippen molar-refractivity contribution >= 4 is 34.9 Å². The molecule has 0 aliphatic rings. The van der Waals surface area contributed by atoms with Crippen LogP contribution in [0.1, 0.15) is 16.7 Å². The van der Waals surface area contributed by atoms with Gasteiger partial charge >= 0.3 is 0 Å². The first-order valence-electron chi connectivity index (χ1n) is 8.04. The van der Waals surface area contributed by atoms with E-state index in [1.165, 1.54) is 0 Å². The Labute approximate surface area is 159 Å². The van der Waals surface area contributed by atoms with E-state index in [4.69, 9.17) is 23.6 Å². The predicted molar refractivity (Wildman–Crippen MR) is 108 cm³/mol. The summed E-state index contributed by atoms with van der Waals surface area (Å²) < 4.78 is 3.37. The van der Waals surface area contributed by atoms with E-state index in [2.05, 4.69) is 6.92 Å². The van der Waals surface area contributed by atoms with Crippen molar-refractivity contribution in [3.8, 4) is 0 Å². The summed E-state index contributed by atoms with van der Waals surface area (Å²) in [6.07, 6.45) is 0. The summed E-state index contributed by atoms with van der Waals surface area (Å²) in [5.74, 6) is 0. The fourth-order valence-corrected chi connectivity index (χ4v) is 3.18. The Hall–Kier alpha value is -2.16. The average Bonchev–Trinajstić information content (AvgIpc) is 2.63. The molecule has 127 valence electrons. The molecule has 3 aromatic carbocycles. The summed E-state index contributed by atoms with van der Waals surface area (Å²) in [5, 5.41) is 0.